The van der Waals surface area contributed by atoms with Crippen molar-refractivity contribution in [3.8, 4) is 0 Å². The maximum atomic E-state index is 11.0. The fourth-order valence-corrected chi connectivity index (χ4v) is 0.799. The summed E-state index contributed by atoms with van der Waals surface area (Å²) >= 11 is 0. The largest absolute Gasteiger partial charge is 0.339 e. The number of hydrogen-bond donors (Lipinski definition) is 0. The van der Waals surface area contributed by atoms with Crippen LogP contribution in [-0.2, 0) is 17.6 Å². The Morgan fingerprint density at radius 3 is 2.75 bits per heavy atom. The number of aromatic nitrogens is 2. The highest BCUT2D eigenvalue weighted by Gasteiger charge is 2.08. The normalized spacial score (nSPS) is 10.2. The summed E-state index contributed by atoms with van der Waals surface area (Å²) in [4.78, 5) is 15.0. The van der Waals surface area contributed by atoms with Gasteiger partial charge in [-0.25, -0.2) is 0 Å². The van der Waals surface area contributed by atoms with Gasteiger partial charge >= 0.3 is 0 Å². The topological polar surface area (TPSA) is 56.0 Å². The van der Waals surface area contributed by atoms with Crippen molar-refractivity contribution in [2.24, 2.45) is 0 Å². The predicted molar refractivity (Wildman–Crippen MR) is 42.7 cm³/mol. The van der Waals surface area contributed by atoms with Gasteiger partial charge in [-0.2, -0.15) is 4.98 Å². The van der Waals surface area contributed by atoms with E-state index in [1.165, 1.54) is 0 Å². The number of ketones is 1. The minimum absolute atomic E-state index is 0.126. The van der Waals surface area contributed by atoms with Gasteiger partial charge in [-0.3, -0.25) is 4.79 Å². The number of nitrogens with zero attached hydrogens (tertiary/aromatic N) is 2. The lowest BCUT2D eigenvalue weighted by atomic mass is 10.2. The molecule has 0 aliphatic carbocycles. The summed E-state index contributed by atoms with van der Waals surface area (Å²) in [7, 11) is 0. The lowest BCUT2D eigenvalue weighted by Crippen LogP contribution is -2.00. The Morgan fingerprint density at radius 2 is 2.25 bits per heavy atom. The van der Waals surface area contributed by atoms with E-state index >= 15 is 0 Å². The summed E-state index contributed by atoms with van der Waals surface area (Å²) in [6.07, 6.45) is 1.52. The molecule has 1 aromatic heterocycles. The van der Waals surface area contributed by atoms with Crippen molar-refractivity contribution in [3.05, 3.63) is 11.7 Å². The molecule has 0 bridgehead atoms. The van der Waals surface area contributed by atoms with E-state index in [9.17, 15) is 4.79 Å². The third kappa shape index (κ3) is 2.15. The number of carbonyl (C=O) groups is 1. The maximum absolute atomic E-state index is 11.0. The first-order valence-corrected chi connectivity index (χ1v) is 4.09. The van der Waals surface area contributed by atoms with Crippen LogP contribution in [-0.4, -0.2) is 15.9 Å². The summed E-state index contributed by atoms with van der Waals surface area (Å²) < 4.78 is 4.85. The molecule has 66 valence electrons. The Bertz CT molecular complexity index is 268. The van der Waals surface area contributed by atoms with Crippen LogP contribution in [0.15, 0.2) is 4.52 Å². The van der Waals surface area contributed by atoms with Gasteiger partial charge in [0, 0.05) is 12.8 Å². The van der Waals surface area contributed by atoms with E-state index < -0.39 is 0 Å². The summed E-state index contributed by atoms with van der Waals surface area (Å²) in [5.41, 5.74) is 0. The molecule has 0 amide bonds. The van der Waals surface area contributed by atoms with Gasteiger partial charge in [-0.1, -0.05) is 19.0 Å². The number of carbonyl (C=O) groups excluding carboxylic acids is 1. The van der Waals surface area contributed by atoms with E-state index in [0.29, 0.717) is 18.1 Å². The number of rotatable bonds is 4. The molecule has 0 saturated heterocycles. The standard InChI is InChI=1S/C8H12N2O2/c1-3-6(11)5-8-9-7(4-2)10-12-8/h3-5H2,1-2H3. The smallest absolute Gasteiger partial charge is 0.234 e. The summed E-state index contributed by atoms with van der Waals surface area (Å²) in [6.45, 7) is 3.76. The highest BCUT2D eigenvalue weighted by Crippen LogP contribution is 2.00. The van der Waals surface area contributed by atoms with Crippen molar-refractivity contribution in [2.75, 3.05) is 0 Å². The molecule has 1 aromatic rings. The van der Waals surface area contributed by atoms with E-state index in [1.807, 2.05) is 13.8 Å². The molecule has 0 N–H and O–H groups in total. The van der Waals surface area contributed by atoms with Crippen molar-refractivity contribution in [2.45, 2.75) is 33.1 Å². The molecule has 0 aromatic carbocycles. The van der Waals surface area contributed by atoms with Gasteiger partial charge in [0.25, 0.3) is 0 Å². The molecule has 0 spiro atoms. The predicted octanol–water partition coefficient (Wildman–Crippen LogP) is 1.15. The van der Waals surface area contributed by atoms with Gasteiger partial charge in [0.15, 0.2) is 5.82 Å². The van der Waals surface area contributed by atoms with Crippen LogP contribution in [0.5, 0.6) is 0 Å². The van der Waals surface area contributed by atoms with E-state index in [1.54, 1.807) is 0 Å². The van der Waals surface area contributed by atoms with Crippen molar-refractivity contribution >= 4 is 5.78 Å². The second-order valence-corrected chi connectivity index (χ2v) is 2.53. The zero-order valence-corrected chi connectivity index (χ0v) is 7.33. The van der Waals surface area contributed by atoms with Crippen LogP contribution in [0.2, 0.25) is 0 Å². The van der Waals surface area contributed by atoms with Crippen molar-refractivity contribution in [3.63, 3.8) is 0 Å². The van der Waals surface area contributed by atoms with E-state index in [-0.39, 0.29) is 12.2 Å². The molecule has 4 nitrogen and oxygen atoms in total. The quantitative estimate of drug-likeness (QED) is 0.676. The van der Waals surface area contributed by atoms with Crippen molar-refractivity contribution in [1.82, 2.24) is 10.1 Å². The van der Waals surface area contributed by atoms with Crippen LogP contribution in [0, 0.1) is 0 Å². The Balaban J connectivity index is 2.58. The van der Waals surface area contributed by atoms with Gasteiger partial charge < -0.3 is 4.52 Å². The van der Waals surface area contributed by atoms with E-state index in [2.05, 4.69) is 10.1 Å². The van der Waals surface area contributed by atoms with Gasteiger partial charge in [-0.05, 0) is 0 Å². The Hall–Kier alpha value is -1.19. The fourth-order valence-electron chi connectivity index (χ4n) is 0.799. The minimum Gasteiger partial charge on any atom is -0.339 e. The van der Waals surface area contributed by atoms with Gasteiger partial charge in [-0.15, -0.1) is 0 Å². The van der Waals surface area contributed by atoms with Crippen LogP contribution < -0.4 is 0 Å². The molecule has 0 fully saturated rings. The molecular formula is C8H12N2O2. The molecule has 0 aliphatic heterocycles. The SMILES string of the molecule is CCC(=O)Cc1nc(CC)no1. The van der Waals surface area contributed by atoms with Crippen LogP contribution in [0.4, 0.5) is 0 Å². The van der Waals surface area contributed by atoms with Crippen molar-refractivity contribution in [1.29, 1.82) is 0 Å². The molecule has 12 heavy (non-hydrogen) atoms. The van der Waals surface area contributed by atoms with Crippen LogP contribution in [0.25, 0.3) is 0 Å². The lowest BCUT2D eigenvalue weighted by Gasteiger charge is -1.88. The number of aryl methyl sites for hydroxylation is 1. The lowest BCUT2D eigenvalue weighted by molar-refractivity contribution is -0.118. The third-order valence-electron chi connectivity index (χ3n) is 1.57. The Kier molecular flexibility index (Phi) is 2.96. The first kappa shape index (κ1) is 8.90. The molecular weight excluding hydrogens is 156 g/mol. The monoisotopic (exact) mass is 168 g/mol. The zero-order chi connectivity index (χ0) is 8.97. The van der Waals surface area contributed by atoms with Crippen LogP contribution in [0.3, 0.4) is 0 Å². The van der Waals surface area contributed by atoms with Crippen LogP contribution >= 0.6 is 0 Å². The van der Waals surface area contributed by atoms with Gasteiger partial charge in [0.05, 0.1) is 6.42 Å². The number of hydrogen-bond acceptors (Lipinski definition) is 4. The molecule has 0 radical (unpaired) electrons. The highest BCUT2D eigenvalue weighted by molar-refractivity contribution is 5.79. The summed E-state index contributed by atoms with van der Waals surface area (Å²) in [6, 6.07) is 0. The second-order valence-electron chi connectivity index (χ2n) is 2.53. The van der Waals surface area contributed by atoms with E-state index in [0.717, 1.165) is 6.42 Å². The van der Waals surface area contributed by atoms with Gasteiger partial charge in [0.1, 0.15) is 5.78 Å². The Labute approximate surface area is 71.0 Å². The van der Waals surface area contributed by atoms with E-state index in [4.69, 9.17) is 4.52 Å². The molecule has 0 atom stereocenters. The molecule has 0 saturated carbocycles. The minimum atomic E-state index is 0.126. The summed E-state index contributed by atoms with van der Waals surface area (Å²) in [5.74, 6) is 1.22. The molecule has 1 heterocycles. The van der Waals surface area contributed by atoms with Crippen molar-refractivity contribution < 1.29 is 9.32 Å². The third-order valence-corrected chi connectivity index (χ3v) is 1.57. The molecule has 4 heteroatoms. The molecule has 1 rings (SSSR count). The van der Waals surface area contributed by atoms with Gasteiger partial charge in [0.2, 0.25) is 5.89 Å². The average Bonchev–Trinajstić information content (AvgIpc) is 2.52. The van der Waals surface area contributed by atoms with Crippen LogP contribution in [0.1, 0.15) is 32.0 Å². The summed E-state index contributed by atoms with van der Waals surface area (Å²) in [5, 5.41) is 3.68. The maximum Gasteiger partial charge on any atom is 0.234 e. The first-order chi connectivity index (χ1) is 5.76. The Morgan fingerprint density at radius 1 is 1.50 bits per heavy atom. The average molecular weight is 168 g/mol. The zero-order valence-electron chi connectivity index (χ0n) is 7.33. The molecule has 0 aliphatic rings. The molecule has 0 unspecified atom stereocenters. The number of Topliss-reactive ketones (excluding diaryl/α,β-unsaturated/α-hetero) is 1. The highest BCUT2D eigenvalue weighted by atomic mass is 16.5. The second kappa shape index (κ2) is 3.99. The fraction of sp³-hybridized carbons (Fsp3) is 0.625. The first-order valence-electron chi connectivity index (χ1n) is 4.09.